The Labute approximate surface area is 175 Å². The molecule has 30 heavy (non-hydrogen) atoms. The van der Waals surface area contributed by atoms with Gasteiger partial charge in [-0.3, -0.25) is 9.52 Å². The van der Waals surface area contributed by atoms with Crippen molar-refractivity contribution in [3.8, 4) is 11.8 Å². The van der Waals surface area contributed by atoms with E-state index in [4.69, 9.17) is 10.00 Å². The van der Waals surface area contributed by atoms with Crippen molar-refractivity contribution in [1.82, 2.24) is 0 Å². The summed E-state index contributed by atoms with van der Waals surface area (Å²) < 4.78 is 32.5. The van der Waals surface area contributed by atoms with E-state index in [1.165, 1.54) is 43.5 Å². The van der Waals surface area contributed by atoms with E-state index in [-0.39, 0.29) is 10.8 Å². The number of hydrogen-bond donors (Lipinski definition) is 2. The highest BCUT2D eigenvalue weighted by molar-refractivity contribution is 7.92. The molecule has 0 radical (unpaired) electrons. The number of methoxy groups -OCH3 is 1. The average Bonchev–Trinajstić information content (AvgIpc) is 2.75. The monoisotopic (exact) mass is 421 g/mol. The summed E-state index contributed by atoms with van der Waals surface area (Å²) in [6, 6.07) is 21.2. The van der Waals surface area contributed by atoms with Crippen molar-refractivity contribution in [2.24, 2.45) is 0 Å². The summed E-state index contributed by atoms with van der Waals surface area (Å²) in [5, 5.41) is 11.5. The van der Waals surface area contributed by atoms with Gasteiger partial charge in [-0.2, -0.15) is 5.26 Å². The Hall–Kier alpha value is -3.83. The van der Waals surface area contributed by atoms with E-state index >= 15 is 0 Å². The lowest BCUT2D eigenvalue weighted by molar-refractivity contribution is 0.102. The number of carbonyl (C=O) groups excluding carboxylic acids is 1. The third-order valence-electron chi connectivity index (χ3n) is 4.26. The molecule has 2 N–H and O–H groups in total. The van der Waals surface area contributed by atoms with Gasteiger partial charge in [0.1, 0.15) is 5.75 Å². The molecule has 3 aromatic carbocycles. The lowest BCUT2D eigenvalue weighted by Gasteiger charge is -2.10. The van der Waals surface area contributed by atoms with E-state index in [9.17, 15) is 13.2 Å². The van der Waals surface area contributed by atoms with Crippen LogP contribution in [0.5, 0.6) is 5.75 Å². The zero-order chi connectivity index (χ0) is 21.6. The molecule has 0 aliphatic carbocycles. The van der Waals surface area contributed by atoms with Gasteiger partial charge in [0.05, 0.1) is 24.5 Å². The van der Waals surface area contributed by atoms with Gasteiger partial charge in [0, 0.05) is 16.9 Å². The van der Waals surface area contributed by atoms with Crippen LogP contribution in [0.25, 0.3) is 0 Å². The van der Waals surface area contributed by atoms with Crippen molar-refractivity contribution in [2.75, 3.05) is 17.1 Å². The van der Waals surface area contributed by atoms with Gasteiger partial charge in [0.2, 0.25) is 0 Å². The number of ether oxygens (including phenoxy) is 1. The number of hydrogen-bond acceptors (Lipinski definition) is 5. The molecular formula is C22H19N3O4S. The highest BCUT2D eigenvalue weighted by Gasteiger charge is 2.15. The van der Waals surface area contributed by atoms with Crippen LogP contribution in [0.2, 0.25) is 0 Å². The topological polar surface area (TPSA) is 108 Å². The van der Waals surface area contributed by atoms with Crippen LogP contribution < -0.4 is 14.8 Å². The first-order valence-electron chi connectivity index (χ1n) is 8.95. The maximum atomic E-state index is 12.5. The predicted octanol–water partition coefficient (Wildman–Crippen LogP) is 3.81. The first kappa shape index (κ1) is 20.9. The molecule has 1 amide bonds. The normalized spacial score (nSPS) is 10.7. The SMILES string of the molecule is COc1ccc(S(=O)(=O)Nc2ccc(C(=O)Nc3ccc(CC#N)cc3)cc2)cc1. The van der Waals surface area contributed by atoms with Crippen LogP contribution in [0.4, 0.5) is 11.4 Å². The molecule has 3 aromatic rings. The summed E-state index contributed by atoms with van der Waals surface area (Å²) in [5.41, 5.74) is 2.18. The maximum Gasteiger partial charge on any atom is 0.261 e. The van der Waals surface area contributed by atoms with Gasteiger partial charge >= 0.3 is 0 Å². The lowest BCUT2D eigenvalue weighted by atomic mass is 10.1. The smallest absolute Gasteiger partial charge is 0.261 e. The second kappa shape index (κ2) is 9.11. The van der Waals surface area contributed by atoms with Crippen molar-refractivity contribution in [3.63, 3.8) is 0 Å². The van der Waals surface area contributed by atoms with Crippen molar-refractivity contribution < 1.29 is 17.9 Å². The molecule has 0 heterocycles. The van der Waals surface area contributed by atoms with Crippen LogP contribution in [0.15, 0.2) is 77.7 Å². The first-order chi connectivity index (χ1) is 14.4. The number of nitriles is 1. The van der Waals surface area contributed by atoms with Crippen LogP contribution in [-0.2, 0) is 16.4 Å². The largest absolute Gasteiger partial charge is 0.497 e. The van der Waals surface area contributed by atoms with Crippen LogP contribution in [0.3, 0.4) is 0 Å². The number of nitrogens with zero attached hydrogens (tertiary/aromatic N) is 1. The fourth-order valence-electron chi connectivity index (χ4n) is 2.66. The van der Waals surface area contributed by atoms with Gasteiger partial charge < -0.3 is 10.1 Å². The molecule has 3 rings (SSSR count). The Morgan fingerprint density at radius 2 is 1.53 bits per heavy atom. The van der Waals surface area contributed by atoms with Gasteiger partial charge in [-0.25, -0.2) is 8.42 Å². The Morgan fingerprint density at radius 1 is 0.933 bits per heavy atom. The van der Waals surface area contributed by atoms with Crippen molar-refractivity contribution in [1.29, 1.82) is 5.26 Å². The van der Waals surface area contributed by atoms with E-state index in [2.05, 4.69) is 16.1 Å². The Kier molecular flexibility index (Phi) is 6.35. The molecule has 0 aliphatic heterocycles. The minimum absolute atomic E-state index is 0.102. The number of sulfonamides is 1. The molecule has 0 bridgehead atoms. The highest BCUT2D eigenvalue weighted by Crippen LogP contribution is 2.20. The maximum absolute atomic E-state index is 12.5. The van der Waals surface area contributed by atoms with Crippen LogP contribution >= 0.6 is 0 Å². The average molecular weight is 421 g/mol. The van der Waals surface area contributed by atoms with Crippen molar-refractivity contribution >= 4 is 27.3 Å². The molecule has 0 fully saturated rings. The Balaban J connectivity index is 1.66. The van der Waals surface area contributed by atoms with Crippen LogP contribution in [0.1, 0.15) is 15.9 Å². The summed E-state index contributed by atoms with van der Waals surface area (Å²) >= 11 is 0. The third kappa shape index (κ3) is 5.16. The number of nitrogens with one attached hydrogen (secondary N) is 2. The molecule has 0 unspecified atom stereocenters. The zero-order valence-electron chi connectivity index (χ0n) is 16.1. The van der Waals surface area contributed by atoms with E-state index in [0.29, 0.717) is 29.1 Å². The molecule has 152 valence electrons. The van der Waals surface area contributed by atoms with E-state index in [1.807, 2.05) is 0 Å². The Bertz CT molecular complexity index is 1170. The fraction of sp³-hybridized carbons (Fsp3) is 0.0909. The first-order valence-corrected chi connectivity index (χ1v) is 10.4. The molecule has 0 saturated heterocycles. The van der Waals surface area contributed by atoms with E-state index < -0.39 is 10.0 Å². The molecule has 0 atom stereocenters. The molecule has 0 saturated carbocycles. The minimum atomic E-state index is -3.76. The summed E-state index contributed by atoms with van der Waals surface area (Å²) in [7, 11) is -2.25. The summed E-state index contributed by atoms with van der Waals surface area (Å²) in [4.78, 5) is 12.5. The molecule has 0 spiro atoms. The molecular weight excluding hydrogens is 402 g/mol. The van der Waals surface area contributed by atoms with Gasteiger partial charge in [0.15, 0.2) is 0 Å². The summed E-state index contributed by atoms with van der Waals surface area (Å²) in [6.45, 7) is 0. The van der Waals surface area contributed by atoms with Gasteiger partial charge in [-0.15, -0.1) is 0 Å². The Morgan fingerprint density at radius 3 is 2.10 bits per heavy atom. The predicted molar refractivity (Wildman–Crippen MR) is 114 cm³/mol. The molecule has 8 heteroatoms. The third-order valence-corrected chi connectivity index (χ3v) is 5.66. The van der Waals surface area contributed by atoms with Crippen molar-refractivity contribution in [3.05, 3.63) is 83.9 Å². The fourth-order valence-corrected chi connectivity index (χ4v) is 3.72. The van der Waals surface area contributed by atoms with Gasteiger partial charge in [-0.05, 0) is 66.2 Å². The minimum Gasteiger partial charge on any atom is -0.497 e. The second-order valence-corrected chi connectivity index (χ2v) is 8.03. The highest BCUT2D eigenvalue weighted by atomic mass is 32.2. The van der Waals surface area contributed by atoms with Gasteiger partial charge in [0.25, 0.3) is 15.9 Å². The number of amides is 1. The zero-order valence-corrected chi connectivity index (χ0v) is 16.9. The van der Waals surface area contributed by atoms with E-state index in [0.717, 1.165) is 5.56 Å². The quantitative estimate of drug-likeness (QED) is 0.603. The van der Waals surface area contributed by atoms with Crippen LogP contribution in [0, 0.1) is 11.3 Å². The number of rotatable bonds is 7. The summed E-state index contributed by atoms with van der Waals surface area (Å²) in [5.74, 6) is 0.233. The standard InChI is InChI=1S/C22H19N3O4S/c1-29-20-10-12-21(13-11-20)30(27,28)25-19-8-4-17(5-9-19)22(26)24-18-6-2-16(3-7-18)14-15-23/h2-13,25H,14H2,1H3,(H,24,26). The molecule has 0 aromatic heterocycles. The number of benzene rings is 3. The second-order valence-electron chi connectivity index (χ2n) is 6.34. The lowest BCUT2D eigenvalue weighted by Crippen LogP contribution is -2.14. The number of carbonyl (C=O) groups is 1. The molecule has 7 nitrogen and oxygen atoms in total. The van der Waals surface area contributed by atoms with Crippen LogP contribution in [-0.4, -0.2) is 21.4 Å². The number of anilines is 2. The van der Waals surface area contributed by atoms with Crippen molar-refractivity contribution in [2.45, 2.75) is 11.3 Å². The summed E-state index contributed by atoms with van der Waals surface area (Å²) in [6.07, 6.45) is 0.308. The molecule has 0 aliphatic rings. The van der Waals surface area contributed by atoms with E-state index in [1.54, 1.807) is 36.4 Å². The van der Waals surface area contributed by atoms with Gasteiger partial charge in [-0.1, -0.05) is 12.1 Å².